The summed E-state index contributed by atoms with van der Waals surface area (Å²) in [7, 11) is 1.16. The van der Waals surface area contributed by atoms with Crippen molar-refractivity contribution >= 4 is 10.1 Å². The standard InChI is InChI=1S/C6H15NO3S/c1-6(2,7(3,4)5)11(8,9)10/h1-5H3/p+1. The van der Waals surface area contributed by atoms with Crippen LogP contribution in [0.5, 0.6) is 0 Å². The van der Waals surface area contributed by atoms with Crippen LogP contribution in [0.4, 0.5) is 0 Å². The van der Waals surface area contributed by atoms with E-state index in [2.05, 4.69) is 0 Å². The molecule has 0 bridgehead atoms. The summed E-state index contributed by atoms with van der Waals surface area (Å²) in [5.41, 5.74) is 0. The lowest BCUT2D eigenvalue weighted by molar-refractivity contribution is -0.903. The van der Waals surface area contributed by atoms with Crippen LogP contribution in [0.25, 0.3) is 0 Å². The molecule has 0 amide bonds. The Balaban J connectivity index is 5.08. The smallest absolute Gasteiger partial charge is 0.312 e. The van der Waals surface area contributed by atoms with Crippen LogP contribution in [0.15, 0.2) is 0 Å². The Bertz CT molecular complexity index is 235. The predicted octanol–water partition coefficient (Wildman–Crippen LogP) is 0.317. The molecule has 0 heterocycles. The maximum atomic E-state index is 10.8. The summed E-state index contributed by atoms with van der Waals surface area (Å²) in [6, 6.07) is 0. The van der Waals surface area contributed by atoms with E-state index in [1.165, 1.54) is 13.8 Å². The highest BCUT2D eigenvalue weighted by Crippen LogP contribution is 2.22. The lowest BCUT2D eigenvalue weighted by atomic mass is 10.3. The number of quaternary nitrogens is 1. The SMILES string of the molecule is CC(C)([N+](C)(C)C)S(=O)(=O)O. The highest BCUT2D eigenvalue weighted by atomic mass is 32.2. The van der Waals surface area contributed by atoms with E-state index in [1.54, 1.807) is 21.1 Å². The highest BCUT2D eigenvalue weighted by Gasteiger charge is 2.45. The first-order valence-electron chi connectivity index (χ1n) is 3.29. The van der Waals surface area contributed by atoms with E-state index in [0.29, 0.717) is 0 Å². The quantitative estimate of drug-likeness (QED) is 0.494. The highest BCUT2D eigenvalue weighted by molar-refractivity contribution is 7.87. The summed E-state index contributed by atoms with van der Waals surface area (Å²) in [6.07, 6.45) is 0. The molecule has 4 nitrogen and oxygen atoms in total. The molecule has 0 saturated heterocycles. The van der Waals surface area contributed by atoms with Crippen molar-refractivity contribution in [2.24, 2.45) is 0 Å². The molecule has 0 aromatic rings. The van der Waals surface area contributed by atoms with Gasteiger partial charge in [0.2, 0.25) is 4.87 Å². The fourth-order valence-corrected chi connectivity index (χ4v) is 1.04. The number of hydrogen-bond acceptors (Lipinski definition) is 2. The molecule has 0 aliphatic carbocycles. The van der Waals surface area contributed by atoms with E-state index in [-0.39, 0.29) is 4.48 Å². The van der Waals surface area contributed by atoms with Crippen LogP contribution < -0.4 is 0 Å². The van der Waals surface area contributed by atoms with E-state index in [4.69, 9.17) is 4.55 Å². The first kappa shape index (κ1) is 10.9. The van der Waals surface area contributed by atoms with Crippen LogP contribution >= 0.6 is 0 Å². The topological polar surface area (TPSA) is 54.4 Å². The monoisotopic (exact) mass is 182 g/mol. The molecule has 0 rings (SSSR count). The van der Waals surface area contributed by atoms with Crippen molar-refractivity contribution in [3.63, 3.8) is 0 Å². The second kappa shape index (κ2) is 2.43. The molecular weight excluding hydrogens is 166 g/mol. The van der Waals surface area contributed by atoms with Gasteiger partial charge in [-0.15, -0.1) is 0 Å². The van der Waals surface area contributed by atoms with E-state index < -0.39 is 15.0 Å². The molecule has 1 N–H and O–H groups in total. The van der Waals surface area contributed by atoms with Crippen molar-refractivity contribution in [1.29, 1.82) is 0 Å². The first-order chi connectivity index (χ1) is 4.50. The lowest BCUT2D eigenvalue weighted by Gasteiger charge is -2.38. The van der Waals surface area contributed by atoms with Crippen molar-refractivity contribution in [2.45, 2.75) is 18.7 Å². The van der Waals surface area contributed by atoms with E-state index in [0.717, 1.165) is 0 Å². The van der Waals surface area contributed by atoms with Crippen molar-refractivity contribution in [2.75, 3.05) is 21.1 Å². The zero-order valence-corrected chi connectivity index (χ0v) is 8.44. The number of nitrogens with zero attached hydrogens (tertiary/aromatic N) is 1. The Kier molecular flexibility index (Phi) is 2.40. The Hall–Kier alpha value is -0.130. The molecule has 0 aromatic carbocycles. The van der Waals surface area contributed by atoms with E-state index >= 15 is 0 Å². The van der Waals surface area contributed by atoms with Gasteiger partial charge in [-0.3, -0.25) is 4.55 Å². The third kappa shape index (κ3) is 1.91. The predicted molar refractivity (Wildman–Crippen MR) is 43.7 cm³/mol. The van der Waals surface area contributed by atoms with Crippen molar-refractivity contribution in [3.8, 4) is 0 Å². The fraction of sp³-hybridized carbons (Fsp3) is 1.00. The first-order valence-corrected chi connectivity index (χ1v) is 4.73. The fourth-order valence-electron chi connectivity index (χ4n) is 0.346. The normalized spacial score (nSPS) is 15.1. The molecule has 0 atom stereocenters. The average Bonchev–Trinajstić information content (AvgIpc) is 1.58. The molecular formula is C6H16NO3S+. The molecule has 0 radical (unpaired) electrons. The second-order valence-electron chi connectivity index (χ2n) is 3.93. The molecule has 0 fully saturated rings. The van der Waals surface area contributed by atoms with Gasteiger partial charge in [-0.2, -0.15) is 8.42 Å². The summed E-state index contributed by atoms with van der Waals surface area (Å²) in [5, 5.41) is 0. The van der Waals surface area contributed by atoms with Crippen LogP contribution in [0.1, 0.15) is 13.8 Å². The minimum Gasteiger partial charge on any atom is -0.312 e. The summed E-state index contributed by atoms with van der Waals surface area (Å²) in [6.45, 7) is 2.98. The van der Waals surface area contributed by atoms with Gasteiger partial charge >= 0.3 is 10.1 Å². The van der Waals surface area contributed by atoms with Crippen molar-refractivity contribution < 1.29 is 17.5 Å². The van der Waals surface area contributed by atoms with Gasteiger partial charge in [0.05, 0.1) is 21.1 Å². The molecule has 0 aliphatic heterocycles. The third-order valence-electron chi connectivity index (χ3n) is 2.25. The van der Waals surface area contributed by atoms with Gasteiger partial charge in [-0.05, 0) is 0 Å². The summed E-state index contributed by atoms with van der Waals surface area (Å²) >= 11 is 0. The van der Waals surface area contributed by atoms with Crippen LogP contribution in [0.3, 0.4) is 0 Å². The van der Waals surface area contributed by atoms with Gasteiger partial charge in [-0.25, -0.2) is 0 Å². The lowest BCUT2D eigenvalue weighted by Crippen LogP contribution is -2.57. The Morgan fingerprint density at radius 2 is 1.45 bits per heavy atom. The Morgan fingerprint density at radius 1 is 1.18 bits per heavy atom. The largest absolute Gasteiger partial charge is 0.321 e. The van der Waals surface area contributed by atoms with Gasteiger partial charge < -0.3 is 4.48 Å². The molecule has 11 heavy (non-hydrogen) atoms. The molecule has 0 saturated carbocycles. The maximum absolute atomic E-state index is 10.8. The number of hydrogen-bond donors (Lipinski definition) is 1. The zero-order chi connectivity index (χ0) is 9.50. The van der Waals surface area contributed by atoms with Crippen LogP contribution in [0, 0.1) is 0 Å². The molecule has 5 heteroatoms. The summed E-state index contributed by atoms with van der Waals surface area (Å²) in [5.74, 6) is 0. The minimum atomic E-state index is -3.99. The van der Waals surface area contributed by atoms with Crippen molar-refractivity contribution in [1.82, 2.24) is 0 Å². The Morgan fingerprint density at radius 3 is 1.45 bits per heavy atom. The van der Waals surface area contributed by atoms with E-state index in [9.17, 15) is 8.42 Å². The van der Waals surface area contributed by atoms with E-state index in [1.807, 2.05) is 0 Å². The van der Waals surface area contributed by atoms with Gasteiger partial charge in [0.1, 0.15) is 0 Å². The van der Waals surface area contributed by atoms with Crippen LogP contribution in [0.2, 0.25) is 0 Å². The summed E-state index contributed by atoms with van der Waals surface area (Å²) < 4.78 is 30.7. The maximum Gasteiger partial charge on any atom is 0.321 e. The molecule has 0 unspecified atom stereocenters. The number of rotatable bonds is 2. The Labute approximate surface area is 68.2 Å². The van der Waals surface area contributed by atoms with Crippen molar-refractivity contribution in [3.05, 3.63) is 0 Å². The second-order valence-corrected chi connectivity index (χ2v) is 5.88. The molecule has 0 aliphatic rings. The van der Waals surface area contributed by atoms with Crippen LogP contribution in [-0.4, -0.2) is 43.5 Å². The average molecular weight is 182 g/mol. The van der Waals surface area contributed by atoms with Gasteiger partial charge in [0.15, 0.2) is 0 Å². The molecule has 68 valence electrons. The molecule has 0 aromatic heterocycles. The summed E-state index contributed by atoms with van der Waals surface area (Å²) in [4.78, 5) is -1.16. The third-order valence-corrected chi connectivity index (χ3v) is 4.06. The minimum absolute atomic E-state index is 0.172. The zero-order valence-electron chi connectivity index (χ0n) is 7.62. The van der Waals surface area contributed by atoms with Crippen LogP contribution in [-0.2, 0) is 10.1 Å². The van der Waals surface area contributed by atoms with Gasteiger partial charge in [0, 0.05) is 13.8 Å². The molecule has 0 spiro atoms. The van der Waals surface area contributed by atoms with Gasteiger partial charge in [-0.1, -0.05) is 0 Å². The van der Waals surface area contributed by atoms with Gasteiger partial charge in [0.25, 0.3) is 0 Å².